The van der Waals surface area contributed by atoms with Crippen molar-refractivity contribution in [1.82, 2.24) is 29.7 Å². The van der Waals surface area contributed by atoms with E-state index in [1.807, 2.05) is 30.9 Å². The third-order valence-corrected chi connectivity index (χ3v) is 7.03. The number of carbonyl (C=O) groups is 1. The molecule has 1 aliphatic heterocycles. The van der Waals surface area contributed by atoms with E-state index in [0.717, 1.165) is 62.7 Å². The van der Waals surface area contributed by atoms with E-state index in [1.54, 1.807) is 12.3 Å². The molecule has 2 aliphatic rings. The van der Waals surface area contributed by atoms with Crippen molar-refractivity contribution in [2.24, 2.45) is 0 Å². The van der Waals surface area contributed by atoms with Crippen molar-refractivity contribution in [1.29, 1.82) is 0 Å². The Morgan fingerprint density at radius 1 is 1.06 bits per heavy atom. The fraction of sp³-hybridized carbons (Fsp3) is 0.538. The zero-order valence-electron chi connectivity index (χ0n) is 21.7. The van der Waals surface area contributed by atoms with E-state index in [2.05, 4.69) is 55.5 Å². The number of fused-ring (bicyclic) bond motifs is 1. The average Bonchev–Trinajstić information content (AvgIpc) is 3.53. The summed E-state index contributed by atoms with van der Waals surface area (Å²) < 4.78 is 1.88. The van der Waals surface area contributed by atoms with Gasteiger partial charge < -0.3 is 30.1 Å². The molecule has 0 unspecified atom stereocenters. The molecule has 5 rings (SSSR count). The number of hydrogen-bond donors (Lipinski definition) is 3. The van der Waals surface area contributed by atoms with Gasteiger partial charge in [0.15, 0.2) is 0 Å². The second-order valence-corrected chi connectivity index (χ2v) is 9.82. The summed E-state index contributed by atoms with van der Waals surface area (Å²) in [6, 6.07) is 6.51. The second-order valence-electron chi connectivity index (χ2n) is 9.82. The van der Waals surface area contributed by atoms with Crippen LogP contribution in [0.25, 0.3) is 11.0 Å². The highest BCUT2D eigenvalue weighted by Gasteiger charge is 2.26. The molecule has 4 heterocycles. The van der Waals surface area contributed by atoms with Crippen LogP contribution in [-0.2, 0) is 0 Å². The lowest BCUT2D eigenvalue weighted by atomic mass is 10.0. The monoisotopic (exact) mass is 494 g/mol. The van der Waals surface area contributed by atoms with Crippen molar-refractivity contribution >= 4 is 34.5 Å². The molecular formula is C26H38N8O2. The lowest BCUT2D eigenvalue weighted by Gasteiger charge is -2.36. The molecule has 3 aromatic rings. The number of nitrogens with one attached hydrogen (secondary N) is 2. The van der Waals surface area contributed by atoms with Gasteiger partial charge in [-0.15, -0.1) is 0 Å². The number of anilines is 3. The largest absolute Gasteiger partial charge is 0.477 e. The smallest absolute Gasteiger partial charge is 0.352 e. The Morgan fingerprint density at radius 2 is 1.75 bits per heavy atom. The average molecular weight is 495 g/mol. The summed E-state index contributed by atoms with van der Waals surface area (Å²) in [5, 5.41) is 16.4. The third kappa shape index (κ3) is 5.76. The van der Waals surface area contributed by atoms with Crippen LogP contribution >= 0.6 is 0 Å². The normalized spacial score (nSPS) is 16.9. The summed E-state index contributed by atoms with van der Waals surface area (Å²) >= 11 is 0. The molecule has 0 bridgehead atoms. The first-order valence-electron chi connectivity index (χ1n) is 12.8. The van der Waals surface area contributed by atoms with Crippen molar-refractivity contribution in [2.45, 2.75) is 50.6 Å². The van der Waals surface area contributed by atoms with Gasteiger partial charge in [0.25, 0.3) is 0 Å². The lowest BCUT2D eigenvalue weighted by molar-refractivity contribution is 0.0683. The standard InChI is InChI=1S/C24H31N7O2.C2H7N/c1-29(2)17-9-11-30(12-10-17)19-7-8-21(25-15-19)27-24-26-14-16-13-20(23(32)33)31(22(16)28-24)18-5-3-4-6-18;1-3-2/h7-8,13-15,17-18H,3-6,9-12H2,1-2H3,(H,32,33)(H,25,26,27,28);3H,1-2H3. The van der Waals surface area contributed by atoms with Gasteiger partial charge in [-0.05, 0) is 72.1 Å². The number of pyridine rings is 1. The number of carboxylic acid groups (broad SMARTS) is 1. The molecule has 0 amide bonds. The van der Waals surface area contributed by atoms with Gasteiger partial charge in [-0.2, -0.15) is 4.98 Å². The van der Waals surface area contributed by atoms with Crippen LogP contribution in [0.3, 0.4) is 0 Å². The van der Waals surface area contributed by atoms with Gasteiger partial charge in [0, 0.05) is 36.8 Å². The van der Waals surface area contributed by atoms with E-state index >= 15 is 0 Å². The molecule has 36 heavy (non-hydrogen) atoms. The fourth-order valence-corrected chi connectivity index (χ4v) is 5.17. The quantitative estimate of drug-likeness (QED) is 0.472. The molecule has 10 heteroatoms. The molecule has 0 radical (unpaired) electrons. The molecule has 2 fully saturated rings. The van der Waals surface area contributed by atoms with Crippen LogP contribution in [0, 0.1) is 0 Å². The minimum atomic E-state index is -0.929. The topological polar surface area (TPSA) is 111 Å². The number of aromatic carboxylic acids is 1. The van der Waals surface area contributed by atoms with Crippen LogP contribution < -0.4 is 15.5 Å². The summed E-state index contributed by atoms with van der Waals surface area (Å²) in [4.78, 5) is 30.2. The molecule has 1 saturated carbocycles. The van der Waals surface area contributed by atoms with Crippen LogP contribution in [0.2, 0.25) is 0 Å². The fourth-order valence-electron chi connectivity index (χ4n) is 5.17. The van der Waals surface area contributed by atoms with Gasteiger partial charge in [0.1, 0.15) is 17.2 Å². The molecule has 0 aromatic carbocycles. The van der Waals surface area contributed by atoms with Gasteiger partial charge in [0.05, 0.1) is 11.9 Å². The van der Waals surface area contributed by atoms with Crippen LogP contribution in [0.15, 0.2) is 30.6 Å². The van der Waals surface area contributed by atoms with Crippen molar-refractivity contribution in [3.05, 3.63) is 36.3 Å². The summed E-state index contributed by atoms with van der Waals surface area (Å²) in [7, 11) is 8.05. The molecular weight excluding hydrogens is 456 g/mol. The molecule has 194 valence electrons. The first kappa shape index (κ1) is 25.8. The highest BCUT2D eigenvalue weighted by molar-refractivity contribution is 5.93. The Morgan fingerprint density at radius 3 is 2.33 bits per heavy atom. The molecule has 10 nitrogen and oxygen atoms in total. The highest BCUT2D eigenvalue weighted by atomic mass is 16.4. The minimum Gasteiger partial charge on any atom is -0.477 e. The zero-order valence-corrected chi connectivity index (χ0v) is 21.7. The number of carboxylic acids is 1. The van der Waals surface area contributed by atoms with E-state index in [0.29, 0.717) is 23.5 Å². The SMILES string of the molecule is CN(C)C1CCN(c2ccc(Nc3ncc4cc(C(=O)O)n(C5CCCC5)c4n3)nc2)CC1.CNC. The van der Waals surface area contributed by atoms with Crippen molar-refractivity contribution in [2.75, 3.05) is 51.5 Å². The number of aromatic nitrogens is 4. The second kappa shape index (κ2) is 11.7. The zero-order chi connectivity index (χ0) is 25.7. The van der Waals surface area contributed by atoms with Crippen LogP contribution in [0.5, 0.6) is 0 Å². The van der Waals surface area contributed by atoms with Crippen molar-refractivity contribution < 1.29 is 9.90 Å². The molecule has 0 spiro atoms. The summed E-state index contributed by atoms with van der Waals surface area (Å²) in [6.45, 7) is 2.06. The van der Waals surface area contributed by atoms with E-state index in [4.69, 9.17) is 0 Å². The Kier molecular flexibility index (Phi) is 8.37. The summed E-state index contributed by atoms with van der Waals surface area (Å²) in [6.07, 6.45) is 10.1. The van der Waals surface area contributed by atoms with E-state index < -0.39 is 5.97 Å². The third-order valence-electron chi connectivity index (χ3n) is 7.03. The van der Waals surface area contributed by atoms with Crippen LogP contribution in [-0.4, -0.2) is 82.8 Å². The van der Waals surface area contributed by atoms with Gasteiger partial charge in [-0.25, -0.2) is 14.8 Å². The van der Waals surface area contributed by atoms with Crippen LogP contribution in [0.4, 0.5) is 17.5 Å². The summed E-state index contributed by atoms with van der Waals surface area (Å²) in [5.41, 5.74) is 2.07. The summed E-state index contributed by atoms with van der Waals surface area (Å²) in [5.74, 6) is 0.156. The maximum atomic E-state index is 11.8. The predicted molar refractivity (Wildman–Crippen MR) is 143 cm³/mol. The van der Waals surface area contributed by atoms with E-state index in [-0.39, 0.29) is 11.7 Å². The Bertz CT molecular complexity index is 1150. The maximum Gasteiger partial charge on any atom is 0.352 e. The number of piperidine rings is 1. The van der Waals surface area contributed by atoms with Crippen molar-refractivity contribution in [3.63, 3.8) is 0 Å². The van der Waals surface area contributed by atoms with Gasteiger partial charge in [-0.3, -0.25) is 0 Å². The van der Waals surface area contributed by atoms with Gasteiger partial charge in [0.2, 0.25) is 5.95 Å². The first-order chi connectivity index (χ1) is 17.4. The minimum absolute atomic E-state index is 0.172. The Balaban J connectivity index is 0.000000967. The number of hydrogen-bond acceptors (Lipinski definition) is 8. The number of rotatable bonds is 6. The highest BCUT2D eigenvalue weighted by Crippen LogP contribution is 2.34. The first-order valence-corrected chi connectivity index (χ1v) is 12.8. The number of nitrogens with zero attached hydrogens (tertiary/aromatic N) is 6. The predicted octanol–water partition coefficient (Wildman–Crippen LogP) is 3.75. The maximum absolute atomic E-state index is 11.8. The Labute approximate surface area is 212 Å². The lowest BCUT2D eigenvalue weighted by Crippen LogP contribution is -2.42. The van der Waals surface area contributed by atoms with E-state index in [1.165, 1.54) is 0 Å². The van der Waals surface area contributed by atoms with Crippen molar-refractivity contribution in [3.8, 4) is 0 Å². The van der Waals surface area contributed by atoms with E-state index in [9.17, 15) is 9.90 Å². The molecule has 3 aromatic heterocycles. The molecule has 0 atom stereocenters. The van der Waals surface area contributed by atoms with Gasteiger partial charge in [-0.1, -0.05) is 12.8 Å². The molecule has 1 aliphatic carbocycles. The molecule has 1 saturated heterocycles. The Hall–Kier alpha value is -3.24. The van der Waals surface area contributed by atoms with Crippen LogP contribution in [0.1, 0.15) is 55.1 Å². The molecule has 3 N–H and O–H groups in total. The van der Waals surface area contributed by atoms with Gasteiger partial charge >= 0.3 is 5.97 Å².